The van der Waals surface area contributed by atoms with Crippen molar-refractivity contribution in [2.75, 3.05) is 10.2 Å². The molecule has 0 saturated carbocycles. The molecule has 4 heteroatoms. The highest BCUT2D eigenvalue weighted by Gasteiger charge is 2.40. The number of hydrogen-bond donors (Lipinski definition) is 1. The lowest BCUT2D eigenvalue weighted by Gasteiger charge is -2.21. The minimum atomic E-state index is -0.514. The van der Waals surface area contributed by atoms with E-state index in [4.69, 9.17) is 0 Å². The van der Waals surface area contributed by atoms with E-state index in [0.29, 0.717) is 0 Å². The van der Waals surface area contributed by atoms with Gasteiger partial charge in [-0.15, -0.1) is 0 Å². The molecule has 2 aromatic rings. The molecule has 1 aliphatic rings. The topological polar surface area (TPSA) is 49.4 Å². The third kappa shape index (κ3) is 2.92. The molecule has 1 saturated heterocycles. The molecule has 0 aromatic heterocycles. The van der Waals surface area contributed by atoms with E-state index in [9.17, 15) is 9.59 Å². The van der Waals surface area contributed by atoms with Crippen LogP contribution in [0.3, 0.4) is 0 Å². The molecule has 2 amide bonds. The average Bonchev–Trinajstić information content (AvgIpc) is 2.74. The Labute approximate surface area is 142 Å². The van der Waals surface area contributed by atoms with E-state index in [2.05, 4.69) is 5.32 Å². The molecular weight excluding hydrogens is 300 g/mol. The number of carbonyl (C=O) groups excluding carboxylic acids is 2. The van der Waals surface area contributed by atoms with Crippen LogP contribution >= 0.6 is 0 Å². The highest BCUT2D eigenvalue weighted by atomic mass is 16.2. The van der Waals surface area contributed by atoms with Crippen LogP contribution in [0.2, 0.25) is 0 Å². The fourth-order valence-electron chi connectivity index (χ4n) is 3.44. The zero-order valence-corrected chi connectivity index (χ0v) is 14.5. The first-order valence-corrected chi connectivity index (χ1v) is 8.14. The second-order valence-electron chi connectivity index (χ2n) is 6.59. The predicted molar refractivity (Wildman–Crippen MR) is 96.4 cm³/mol. The van der Waals surface area contributed by atoms with Crippen molar-refractivity contribution < 1.29 is 9.59 Å². The van der Waals surface area contributed by atoms with E-state index in [1.54, 1.807) is 0 Å². The molecule has 0 aliphatic carbocycles. The molecule has 24 heavy (non-hydrogen) atoms. The van der Waals surface area contributed by atoms with Crippen molar-refractivity contribution in [1.82, 2.24) is 0 Å². The molecule has 3 rings (SSSR count). The van der Waals surface area contributed by atoms with Crippen molar-refractivity contribution in [2.45, 2.75) is 40.2 Å². The van der Waals surface area contributed by atoms with Crippen LogP contribution in [0.5, 0.6) is 0 Å². The summed E-state index contributed by atoms with van der Waals surface area (Å²) < 4.78 is 0. The average molecular weight is 322 g/mol. The SMILES string of the molecule is Cc1cccc(N[C@@H]2CC(=O)N(c3c(C)cc(C)cc3C)C2=O)c1. The number of hydrogen-bond acceptors (Lipinski definition) is 3. The Balaban J connectivity index is 1.90. The summed E-state index contributed by atoms with van der Waals surface area (Å²) >= 11 is 0. The van der Waals surface area contributed by atoms with Gasteiger partial charge in [-0.25, -0.2) is 4.90 Å². The molecule has 1 atom stereocenters. The van der Waals surface area contributed by atoms with E-state index in [0.717, 1.165) is 33.6 Å². The molecule has 2 aromatic carbocycles. The third-order valence-electron chi connectivity index (χ3n) is 4.36. The van der Waals surface area contributed by atoms with Crippen molar-refractivity contribution in [3.63, 3.8) is 0 Å². The number of imide groups is 1. The molecule has 4 nitrogen and oxygen atoms in total. The van der Waals surface area contributed by atoms with Crippen LogP contribution in [-0.4, -0.2) is 17.9 Å². The Hall–Kier alpha value is -2.62. The molecule has 0 unspecified atom stereocenters. The maximum atomic E-state index is 12.8. The van der Waals surface area contributed by atoms with Gasteiger partial charge in [-0.3, -0.25) is 9.59 Å². The van der Waals surface area contributed by atoms with E-state index >= 15 is 0 Å². The number of carbonyl (C=O) groups is 2. The van der Waals surface area contributed by atoms with Gasteiger partial charge in [0.25, 0.3) is 5.91 Å². The largest absolute Gasteiger partial charge is 0.373 e. The number of nitrogens with one attached hydrogen (secondary N) is 1. The Morgan fingerprint density at radius 2 is 1.62 bits per heavy atom. The molecule has 0 bridgehead atoms. The summed E-state index contributed by atoms with van der Waals surface area (Å²) in [7, 11) is 0. The lowest BCUT2D eigenvalue weighted by molar-refractivity contribution is -0.121. The molecular formula is C20H22N2O2. The Morgan fingerprint density at radius 3 is 2.25 bits per heavy atom. The van der Waals surface area contributed by atoms with Crippen LogP contribution in [0, 0.1) is 27.7 Å². The zero-order valence-electron chi connectivity index (χ0n) is 14.5. The van der Waals surface area contributed by atoms with Crippen LogP contribution in [0.1, 0.15) is 28.7 Å². The number of benzene rings is 2. The maximum Gasteiger partial charge on any atom is 0.256 e. The van der Waals surface area contributed by atoms with Gasteiger partial charge in [0.05, 0.1) is 12.1 Å². The quantitative estimate of drug-likeness (QED) is 0.877. The van der Waals surface area contributed by atoms with Crippen molar-refractivity contribution in [2.24, 2.45) is 0 Å². The Bertz CT molecular complexity index is 803. The molecule has 124 valence electrons. The monoisotopic (exact) mass is 322 g/mol. The molecule has 0 spiro atoms. The Morgan fingerprint density at radius 1 is 0.958 bits per heavy atom. The van der Waals surface area contributed by atoms with Crippen molar-refractivity contribution in [3.8, 4) is 0 Å². The summed E-state index contributed by atoms with van der Waals surface area (Å²) in [5.41, 5.74) is 5.72. The zero-order chi connectivity index (χ0) is 17.4. The molecule has 0 radical (unpaired) electrons. The highest BCUT2D eigenvalue weighted by molar-refractivity contribution is 6.23. The molecule has 1 heterocycles. The first-order chi connectivity index (χ1) is 11.4. The number of rotatable bonds is 3. The second-order valence-corrected chi connectivity index (χ2v) is 6.59. The van der Waals surface area contributed by atoms with Crippen LogP contribution in [0.4, 0.5) is 11.4 Å². The minimum absolute atomic E-state index is 0.153. The highest BCUT2D eigenvalue weighted by Crippen LogP contribution is 2.31. The van der Waals surface area contributed by atoms with Crippen LogP contribution in [0.25, 0.3) is 0 Å². The summed E-state index contributed by atoms with van der Waals surface area (Å²) in [6.45, 7) is 7.89. The standard InChI is InChI=1S/C20H22N2O2/c1-12-6-5-7-16(10-12)21-17-11-18(23)22(20(17)24)19-14(3)8-13(2)9-15(19)4/h5-10,17,21H,11H2,1-4H3/t17-/m1/s1. The van der Waals surface area contributed by atoms with Crippen molar-refractivity contribution >= 4 is 23.2 Å². The summed E-state index contributed by atoms with van der Waals surface area (Å²) in [6, 6.07) is 11.3. The molecule has 1 N–H and O–H groups in total. The van der Waals surface area contributed by atoms with Gasteiger partial charge in [0.15, 0.2) is 0 Å². The van der Waals surface area contributed by atoms with Crippen molar-refractivity contribution in [1.29, 1.82) is 0 Å². The van der Waals surface area contributed by atoms with Gasteiger partial charge in [0.1, 0.15) is 6.04 Å². The van der Waals surface area contributed by atoms with Crippen LogP contribution in [-0.2, 0) is 9.59 Å². The predicted octanol–water partition coefficient (Wildman–Crippen LogP) is 3.66. The number of anilines is 2. The van der Waals surface area contributed by atoms with Gasteiger partial charge in [-0.1, -0.05) is 29.8 Å². The Kier molecular flexibility index (Phi) is 4.14. The lowest BCUT2D eigenvalue weighted by atomic mass is 10.0. The van der Waals surface area contributed by atoms with Crippen LogP contribution in [0.15, 0.2) is 36.4 Å². The van der Waals surface area contributed by atoms with Crippen molar-refractivity contribution in [3.05, 3.63) is 58.7 Å². The van der Waals surface area contributed by atoms with Gasteiger partial charge in [0.2, 0.25) is 5.91 Å². The van der Waals surface area contributed by atoms with E-state index < -0.39 is 6.04 Å². The van der Waals surface area contributed by atoms with Gasteiger partial charge in [-0.2, -0.15) is 0 Å². The summed E-state index contributed by atoms with van der Waals surface area (Å²) in [5.74, 6) is -0.336. The smallest absolute Gasteiger partial charge is 0.256 e. The van der Waals surface area contributed by atoms with Gasteiger partial charge < -0.3 is 5.32 Å². The van der Waals surface area contributed by atoms with Gasteiger partial charge in [-0.05, 0) is 56.5 Å². The molecule has 1 fully saturated rings. The summed E-state index contributed by atoms with van der Waals surface area (Å²) in [5, 5.41) is 3.20. The fourth-order valence-corrected chi connectivity index (χ4v) is 3.44. The fraction of sp³-hybridized carbons (Fsp3) is 0.300. The van der Waals surface area contributed by atoms with Gasteiger partial charge >= 0.3 is 0 Å². The van der Waals surface area contributed by atoms with Gasteiger partial charge in [0, 0.05) is 5.69 Å². The summed E-state index contributed by atoms with van der Waals surface area (Å²) in [6.07, 6.45) is 0.180. The minimum Gasteiger partial charge on any atom is -0.373 e. The number of nitrogens with zero attached hydrogens (tertiary/aromatic N) is 1. The number of aryl methyl sites for hydroxylation is 4. The summed E-state index contributed by atoms with van der Waals surface area (Å²) in [4.78, 5) is 26.7. The second kappa shape index (κ2) is 6.11. The lowest BCUT2D eigenvalue weighted by Crippen LogP contribution is -2.35. The van der Waals surface area contributed by atoms with Crippen LogP contribution < -0.4 is 10.2 Å². The van der Waals surface area contributed by atoms with E-state index in [1.807, 2.05) is 64.1 Å². The molecule has 1 aliphatic heterocycles. The maximum absolute atomic E-state index is 12.8. The first-order valence-electron chi connectivity index (χ1n) is 8.14. The first kappa shape index (κ1) is 16.2. The van der Waals surface area contributed by atoms with E-state index in [1.165, 1.54) is 4.90 Å². The van der Waals surface area contributed by atoms with E-state index in [-0.39, 0.29) is 18.2 Å². The normalized spacial score (nSPS) is 17.5. The number of amides is 2. The third-order valence-corrected chi connectivity index (χ3v) is 4.36.